The largest absolute Gasteiger partial charge is 0.472 e. The molecule has 0 aromatic rings. The molecule has 0 aliphatic heterocycles. The van der Waals surface area contributed by atoms with Crippen LogP contribution in [0.5, 0.6) is 0 Å². The highest BCUT2D eigenvalue weighted by Gasteiger charge is 2.26. The molecule has 0 aliphatic carbocycles. The lowest BCUT2D eigenvalue weighted by molar-refractivity contribution is -0.870. The van der Waals surface area contributed by atoms with E-state index in [9.17, 15) is 14.3 Å². The van der Waals surface area contributed by atoms with Gasteiger partial charge in [0.05, 0.1) is 34.4 Å². The molecule has 0 amide bonds. The van der Waals surface area contributed by atoms with Crippen molar-refractivity contribution in [2.75, 3.05) is 54.1 Å². The molecule has 2 atom stereocenters. The van der Waals surface area contributed by atoms with E-state index >= 15 is 0 Å². The Labute approximate surface area is 368 Å². The van der Waals surface area contributed by atoms with Gasteiger partial charge in [0.1, 0.15) is 19.3 Å². The van der Waals surface area contributed by atoms with Crippen LogP contribution in [0.2, 0.25) is 0 Å². The minimum Gasteiger partial charge on any atom is -0.457 e. The summed E-state index contributed by atoms with van der Waals surface area (Å²) in [6, 6.07) is 0. The van der Waals surface area contributed by atoms with Gasteiger partial charge in [-0.05, 0) is 12.8 Å². The molecule has 0 saturated carbocycles. The van der Waals surface area contributed by atoms with E-state index < -0.39 is 13.9 Å². The van der Waals surface area contributed by atoms with Crippen molar-refractivity contribution in [1.29, 1.82) is 0 Å². The van der Waals surface area contributed by atoms with Crippen molar-refractivity contribution >= 4 is 13.8 Å². The number of phosphoric ester groups is 1. The number of quaternary nitrogens is 1. The molecule has 0 spiro atoms. The fraction of sp³-hybridized carbons (Fsp3) is 0.980. The van der Waals surface area contributed by atoms with Crippen LogP contribution in [-0.2, 0) is 27.9 Å². The third-order valence-electron chi connectivity index (χ3n) is 11.7. The maximum absolute atomic E-state index is 12.8. The molecule has 0 saturated heterocycles. The Morgan fingerprint density at radius 1 is 0.458 bits per heavy atom. The Morgan fingerprint density at radius 2 is 0.780 bits per heavy atom. The lowest BCUT2D eigenvalue weighted by Gasteiger charge is -2.24. The monoisotopic (exact) mass is 861 g/mol. The summed E-state index contributed by atoms with van der Waals surface area (Å²) in [5.41, 5.74) is 0. The SMILES string of the molecule is CCCCCCCCCCCCCCCCCCCCCCC(=O)OC(COCCCCCCCCCCCCCCCCCCC)COP(=O)(O)OCC[N+](C)(C)C. The standard InChI is InChI=1S/C50H102NO7P/c1-6-8-10-12-14-16-18-20-22-24-25-26-27-29-31-33-35-37-39-41-43-50(52)58-49(48-57-59(53,54)56-46-44-51(3,4)5)47-55-45-42-40-38-36-34-32-30-28-23-21-19-17-15-13-11-9-7-2/h49H,6-48H2,1-5H3/p+1. The van der Waals surface area contributed by atoms with E-state index in [2.05, 4.69) is 13.8 Å². The quantitative estimate of drug-likeness (QED) is 0.0282. The van der Waals surface area contributed by atoms with Crippen LogP contribution in [0.4, 0.5) is 0 Å². The Balaban J connectivity index is 4.08. The summed E-state index contributed by atoms with van der Waals surface area (Å²) in [5.74, 6) is -0.305. The molecule has 0 aromatic heterocycles. The van der Waals surface area contributed by atoms with Crippen LogP contribution < -0.4 is 0 Å². The summed E-state index contributed by atoms with van der Waals surface area (Å²) in [6.45, 7) is 5.71. The second kappa shape index (κ2) is 44.1. The second-order valence-corrected chi connectivity index (χ2v) is 20.4. The first kappa shape index (κ1) is 58.5. The van der Waals surface area contributed by atoms with E-state index in [1.165, 1.54) is 205 Å². The van der Waals surface area contributed by atoms with E-state index in [0.29, 0.717) is 24.1 Å². The minimum atomic E-state index is -4.27. The van der Waals surface area contributed by atoms with Gasteiger partial charge in [-0.25, -0.2) is 4.57 Å². The number of hydrogen-bond donors (Lipinski definition) is 1. The minimum absolute atomic E-state index is 0.0942. The van der Waals surface area contributed by atoms with Crippen molar-refractivity contribution < 1.29 is 37.3 Å². The van der Waals surface area contributed by atoms with Gasteiger partial charge in [-0.15, -0.1) is 0 Å². The van der Waals surface area contributed by atoms with Crippen molar-refractivity contribution in [2.45, 2.75) is 264 Å². The second-order valence-electron chi connectivity index (χ2n) is 18.9. The van der Waals surface area contributed by atoms with Crippen LogP contribution in [0.15, 0.2) is 0 Å². The molecule has 0 radical (unpaired) electrons. The number of phosphoric acid groups is 1. The third-order valence-corrected chi connectivity index (χ3v) is 12.7. The summed E-state index contributed by atoms with van der Waals surface area (Å²) >= 11 is 0. The first-order chi connectivity index (χ1) is 28.6. The average Bonchev–Trinajstić information content (AvgIpc) is 3.19. The first-order valence-electron chi connectivity index (χ1n) is 25.8. The smallest absolute Gasteiger partial charge is 0.457 e. The Bertz CT molecular complexity index is 914. The van der Waals surface area contributed by atoms with Gasteiger partial charge in [-0.3, -0.25) is 13.8 Å². The first-order valence-corrected chi connectivity index (χ1v) is 27.3. The number of hydrogen-bond acceptors (Lipinski definition) is 6. The van der Waals surface area contributed by atoms with E-state index in [1.807, 2.05) is 21.1 Å². The predicted molar refractivity (Wildman–Crippen MR) is 252 cm³/mol. The lowest BCUT2D eigenvalue weighted by atomic mass is 10.0. The molecule has 59 heavy (non-hydrogen) atoms. The summed E-state index contributed by atoms with van der Waals surface area (Å²) < 4.78 is 35.2. The highest BCUT2D eigenvalue weighted by molar-refractivity contribution is 7.47. The van der Waals surface area contributed by atoms with Crippen LogP contribution in [0.25, 0.3) is 0 Å². The molecular formula is C50H103NO7P+. The number of unbranched alkanes of at least 4 members (excludes halogenated alkanes) is 35. The van der Waals surface area contributed by atoms with Crippen molar-refractivity contribution in [3.63, 3.8) is 0 Å². The molecule has 0 aliphatic rings. The molecule has 0 fully saturated rings. The molecule has 0 bridgehead atoms. The van der Waals surface area contributed by atoms with Crippen LogP contribution in [0.1, 0.15) is 258 Å². The van der Waals surface area contributed by atoms with E-state index in [-0.39, 0.29) is 25.8 Å². The molecule has 2 unspecified atom stereocenters. The van der Waals surface area contributed by atoms with Crippen LogP contribution in [0.3, 0.4) is 0 Å². The molecule has 0 rings (SSSR count). The van der Waals surface area contributed by atoms with Gasteiger partial charge in [0, 0.05) is 13.0 Å². The summed E-state index contributed by atoms with van der Waals surface area (Å²) in [4.78, 5) is 23.0. The van der Waals surface area contributed by atoms with Gasteiger partial charge >= 0.3 is 13.8 Å². The van der Waals surface area contributed by atoms with Crippen molar-refractivity contribution in [3.8, 4) is 0 Å². The zero-order valence-corrected chi connectivity index (χ0v) is 41.2. The van der Waals surface area contributed by atoms with Crippen LogP contribution >= 0.6 is 7.82 Å². The summed E-state index contributed by atoms with van der Waals surface area (Å²) in [5, 5.41) is 0. The number of nitrogens with zero attached hydrogens (tertiary/aromatic N) is 1. The number of esters is 1. The molecule has 354 valence electrons. The van der Waals surface area contributed by atoms with Gasteiger partial charge in [-0.2, -0.15) is 0 Å². The van der Waals surface area contributed by atoms with E-state index in [0.717, 1.165) is 32.1 Å². The summed E-state index contributed by atoms with van der Waals surface area (Å²) in [6.07, 6.45) is 48.6. The molecule has 9 heteroatoms. The average molecular weight is 861 g/mol. The fourth-order valence-electron chi connectivity index (χ4n) is 7.67. The fourth-order valence-corrected chi connectivity index (χ4v) is 8.42. The van der Waals surface area contributed by atoms with Gasteiger partial charge in [0.25, 0.3) is 0 Å². The van der Waals surface area contributed by atoms with Crippen LogP contribution in [0, 0.1) is 0 Å². The van der Waals surface area contributed by atoms with E-state index in [1.54, 1.807) is 0 Å². The lowest BCUT2D eigenvalue weighted by Crippen LogP contribution is -2.37. The Morgan fingerprint density at radius 3 is 1.12 bits per heavy atom. The number of carbonyl (C=O) groups excluding carboxylic acids is 1. The number of carbonyl (C=O) groups is 1. The van der Waals surface area contributed by atoms with Gasteiger partial charge in [0.15, 0.2) is 0 Å². The molecule has 0 aromatic carbocycles. The highest BCUT2D eigenvalue weighted by Crippen LogP contribution is 2.43. The maximum Gasteiger partial charge on any atom is 0.472 e. The van der Waals surface area contributed by atoms with Crippen molar-refractivity contribution in [3.05, 3.63) is 0 Å². The van der Waals surface area contributed by atoms with Gasteiger partial charge in [0.2, 0.25) is 0 Å². The van der Waals surface area contributed by atoms with Gasteiger partial charge in [-0.1, -0.05) is 239 Å². The zero-order chi connectivity index (χ0) is 43.4. The highest BCUT2D eigenvalue weighted by atomic mass is 31.2. The zero-order valence-electron chi connectivity index (χ0n) is 40.3. The molecule has 8 nitrogen and oxygen atoms in total. The topological polar surface area (TPSA) is 91.3 Å². The molecule has 0 heterocycles. The number of likely N-dealkylation sites (N-methyl/N-ethyl adjacent to an activating group) is 1. The van der Waals surface area contributed by atoms with Crippen molar-refractivity contribution in [1.82, 2.24) is 0 Å². The van der Waals surface area contributed by atoms with Crippen molar-refractivity contribution in [2.24, 2.45) is 0 Å². The normalized spacial score (nSPS) is 13.5. The van der Waals surface area contributed by atoms with Crippen LogP contribution in [-0.4, -0.2) is 75.6 Å². The Hall–Kier alpha value is -0.500. The Kier molecular flexibility index (Phi) is 43.7. The van der Waals surface area contributed by atoms with Gasteiger partial charge < -0.3 is 18.9 Å². The molecular weight excluding hydrogens is 758 g/mol. The van der Waals surface area contributed by atoms with E-state index in [4.69, 9.17) is 18.5 Å². The number of ether oxygens (including phenoxy) is 2. The maximum atomic E-state index is 12.8. The predicted octanol–water partition coefficient (Wildman–Crippen LogP) is 15.6. The number of rotatable bonds is 49. The molecule has 1 N–H and O–H groups in total. The third kappa shape index (κ3) is 48.4. The summed E-state index contributed by atoms with van der Waals surface area (Å²) in [7, 11) is 1.69.